The van der Waals surface area contributed by atoms with Crippen LogP contribution in [0.2, 0.25) is 0 Å². The van der Waals surface area contributed by atoms with Crippen LogP contribution >= 0.6 is 0 Å². The first-order valence-electron chi connectivity index (χ1n) is 10.7. The Morgan fingerprint density at radius 3 is 2.19 bits per heavy atom. The van der Waals surface area contributed by atoms with Crippen LogP contribution in [0.15, 0.2) is 48.5 Å². The minimum Gasteiger partial charge on any atom is -0.325 e. The van der Waals surface area contributed by atoms with Gasteiger partial charge in [-0.25, -0.2) is 4.79 Å². The molecule has 3 rings (SSSR count). The number of carbonyl (C=O) groups excluding carboxylic acids is 3. The lowest BCUT2D eigenvalue weighted by Crippen LogP contribution is -2.42. The lowest BCUT2D eigenvalue weighted by atomic mass is 9.84. The first kappa shape index (κ1) is 22.5. The lowest BCUT2D eigenvalue weighted by molar-refractivity contribution is -0.133. The summed E-state index contributed by atoms with van der Waals surface area (Å²) in [7, 11) is 0. The van der Waals surface area contributed by atoms with Crippen LogP contribution in [0, 0.1) is 0 Å². The summed E-state index contributed by atoms with van der Waals surface area (Å²) in [6.45, 7) is 9.79. The fraction of sp³-hybridized carbons (Fsp3) is 0.400. The van der Waals surface area contributed by atoms with E-state index in [9.17, 15) is 14.4 Å². The van der Waals surface area contributed by atoms with Crippen LogP contribution in [0.25, 0.3) is 0 Å². The molecule has 31 heavy (non-hydrogen) atoms. The van der Waals surface area contributed by atoms with E-state index in [0.717, 1.165) is 23.3 Å². The molecule has 0 spiro atoms. The number of carbonyl (C=O) groups is 3. The van der Waals surface area contributed by atoms with Gasteiger partial charge >= 0.3 is 6.03 Å². The summed E-state index contributed by atoms with van der Waals surface area (Å²) >= 11 is 0. The summed E-state index contributed by atoms with van der Waals surface area (Å²) in [5.74, 6) is -0.853. The van der Waals surface area contributed by atoms with Gasteiger partial charge in [0.2, 0.25) is 5.91 Å². The Labute approximate surface area is 184 Å². The van der Waals surface area contributed by atoms with Crippen molar-refractivity contribution in [2.24, 2.45) is 0 Å². The van der Waals surface area contributed by atoms with E-state index in [0.29, 0.717) is 11.3 Å². The number of rotatable bonds is 6. The van der Waals surface area contributed by atoms with Crippen molar-refractivity contribution in [3.63, 3.8) is 0 Å². The number of anilines is 1. The van der Waals surface area contributed by atoms with Crippen molar-refractivity contribution in [3.05, 3.63) is 65.2 Å². The maximum Gasteiger partial charge on any atom is 0.325 e. The fourth-order valence-electron chi connectivity index (χ4n) is 3.73. The van der Waals surface area contributed by atoms with Gasteiger partial charge in [-0.05, 0) is 47.6 Å². The average Bonchev–Trinajstić information content (AvgIpc) is 2.93. The molecule has 1 unspecified atom stereocenters. The van der Waals surface area contributed by atoms with Crippen LogP contribution in [0.3, 0.4) is 0 Å². The highest BCUT2D eigenvalue weighted by Crippen LogP contribution is 2.31. The molecule has 6 heteroatoms. The molecule has 0 aliphatic carbocycles. The summed E-state index contributed by atoms with van der Waals surface area (Å²) in [6.07, 6.45) is 2.03. The van der Waals surface area contributed by atoms with Crippen molar-refractivity contribution in [3.8, 4) is 0 Å². The van der Waals surface area contributed by atoms with E-state index in [2.05, 4.69) is 38.3 Å². The van der Waals surface area contributed by atoms with Crippen LogP contribution in [0.4, 0.5) is 10.5 Å². The van der Waals surface area contributed by atoms with Crippen molar-refractivity contribution in [2.75, 3.05) is 11.9 Å². The first-order chi connectivity index (χ1) is 14.5. The third kappa shape index (κ3) is 4.79. The first-order valence-corrected chi connectivity index (χ1v) is 10.7. The number of hydrogen-bond donors (Lipinski definition) is 2. The molecule has 1 fully saturated rings. The van der Waals surface area contributed by atoms with Gasteiger partial charge in [0.25, 0.3) is 5.91 Å². The van der Waals surface area contributed by atoms with E-state index in [1.807, 2.05) is 48.5 Å². The van der Waals surface area contributed by atoms with Crippen LogP contribution in [0.1, 0.15) is 57.7 Å². The van der Waals surface area contributed by atoms with Crippen molar-refractivity contribution in [1.82, 2.24) is 10.2 Å². The van der Waals surface area contributed by atoms with Crippen LogP contribution in [0.5, 0.6) is 0 Å². The van der Waals surface area contributed by atoms with E-state index in [-0.39, 0.29) is 12.0 Å². The molecule has 0 radical (unpaired) electrons. The molecule has 1 heterocycles. The molecule has 1 aliphatic rings. The molecule has 0 bridgehead atoms. The molecule has 6 nitrogen and oxygen atoms in total. The number of nitrogens with zero attached hydrogens (tertiary/aromatic N) is 1. The maximum atomic E-state index is 13.1. The second-order valence-electron chi connectivity index (χ2n) is 9.27. The van der Waals surface area contributed by atoms with E-state index in [1.165, 1.54) is 5.56 Å². The summed E-state index contributed by atoms with van der Waals surface area (Å²) < 4.78 is 0. The van der Waals surface area contributed by atoms with E-state index < -0.39 is 23.4 Å². The molecule has 1 atom stereocenters. The zero-order valence-corrected chi connectivity index (χ0v) is 18.9. The van der Waals surface area contributed by atoms with Gasteiger partial charge in [-0.1, -0.05) is 70.5 Å². The van der Waals surface area contributed by atoms with Crippen molar-refractivity contribution < 1.29 is 14.4 Å². The van der Waals surface area contributed by atoms with Gasteiger partial charge < -0.3 is 10.6 Å². The largest absolute Gasteiger partial charge is 0.325 e. The van der Waals surface area contributed by atoms with Crippen LogP contribution < -0.4 is 10.6 Å². The van der Waals surface area contributed by atoms with E-state index in [4.69, 9.17) is 0 Å². The minimum atomic E-state index is -1.20. The number of urea groups is 1. The molecule has 164 valence electrons. The normalized spacial score (nSPS) is 18.8. The van der Waals surface area contributed by atoms with Gasteiger partial charge in [0, 0.05) is 5.69 Å². The van der Waals surface area contributed by atoms with Gasteiger partial charge in [-0.3, -0.25) is 14.5 Å². The topological polar surface area (TPSA) is 78.5 Å². The molecule has 0 aromatic heterocycles. The molecule has 2 aromatic rings. The quantitative estimate of drug-likeness (QED) is 0.681. The molecular weight excluding hydrogens is 390 g/mol. The lowest BCUT2D eigenvalue weighted by Gasteiger charge is -2.24. The summed E-state index contributed by atoms with van der Waals surface area (Å²) in [6, 6.07) is 14.7. The van der Waals surface area contributed by atoms with Gasteiger partial charge in [0.1, 0.15) is 12.1 Å². The summed E-state index contributed by atoms with van der Waals surface area (Å²) in [5.41, 5.74) is 2.45. The average molecular weight is 422 g/mol. The van der Waals surface area contributed by atoms with Crippen LogP contribution in [-0.2, 0) is 27.0 Å². The Bertz CT molecular complexity index is 975. The Morgan fingerprint density at radius 1 is 1.03 bits per heavy atom. The molecule has 2 aromatic carbocycles. The Kier molecular flexibility index (Phi) is 6.20. The maximum absolute atomic E-state index is 13.1. The number of benzene rings is 2. The monoisotopic (exact) mass is 421 g/mol. The minimum absolute atomic E-state index is 0.0127. The van der Waals surface area contributed by atoms with Crippen LogP contribution in [-0.4, -0.2) is 29.3 Å². The highest BCUT2D eigenvalue weighted by atomic mass is 16.2. The Hall–Kier alpha value is -3.15. The summed E-state index contributed by atoms with van der Waals surface area (Å²) in [5, 5.41) is 5.51. The van der Waals surface area contributed by atoms with Crippen molar-refractivity contribution in [1.29, 1.82) is 0 Å². The van der Waals surface area contributed by atoms with E-state index in [1.54, 1.807) is 6.92 Å². The zero-order chi connectivity index (χ0) is 22.8. The molecule has 2 N–H and O–H groups in total. The molecule has 0 saturated carbocycles. The van der Waals surface area contributed by atoms with Gasteiger partial charge in [-0.2, -0.15) is 0 Å². The predicted octanol–water partition coefficient (Wildman–Crippen LogP) is 4.34. The number of nitrogens with one attached hydrogen (secondary N) is 2. The van der Waals surface area contributed by atoms with Crippen molar-refractivity contribution in [2.45, 2.75) is 58.4 Å². The second-order valence-corrected chi connectivity index (χ2v) is 9.27. The highest BCUT2D eigenvalue weighted by molar-refractivity contribution is 6.10. The highest BCUT2D eigenvalue weighted by Gasteiger charge is 2.49. The molecule has 4 amide bonds. The third-order valence-electron chi connectivity index (χ3n) is 5.68. The second kappa shape index (κ2) is 8.53. The third-order valence-corrected chi connectivity index (χ3v) is 5.68. The van der Waals surface area contributed by atoms with Gasteiger partial charge in [0.05, 0.1) is 0 Å². The predicted molar refractivity (Wildman–Crippen MR) is 122 cm³/mol. The SMILES string of the molecule is CCCc1ccc(NC(=O)CN2C(=O)NC(C)(c3ccc(C(C)(C)C)cc3)C2=O)cc1. The zero-order valence-electron chi connectivity index (χ0n) is 18.9. The van der Waals surface area contributed by atoms with Gasteiger partial charge in [-0.15, -0.1) is 0 Å². The standard InChI is InChI=1S/C25H31N3O3/c1-6-7-17-8-14-20(15-9-17)26-21(29)16-28-22(30)25(5,27-23(28)31)19-12-10-18(11-13-19)24(2,3)4/h8-15H,6-7,16H2,1-5H3,(H,26,29)(H,27,31). The molecule has 1 saturated heterocycles. The number of imide groups is 1. The Morgan fingerprint density at radius 2 is 1.65 bits per heavy atom. The smallest absolute Gasteiger partial charge is 0.325 e. The van der Waals surface area contributed by atoms with Crippen molar-refractivity contribution >= 4 is 23.5 Å². The number of hydrogen-bond acceptors (Lipinski definition) is 3. The fourth-order valence-corrected chi connectivity index (χ4v) is 3.73. The van der Waals surface area contributed by atoms with E-state index >= 15 is 0 Å². The Balaban J connectivity index is 1.70. The number of aryl methyl sites for hydroxylation is 1. The summed E-state index contributed by atoms with van der Waals surface area (Å²) in [4.78, 5) is 39.1. The molecule has 1 aliphatic heterocycles. The van der Waals surface area contributed by atoms with Gasteiger partial charge in [0.15, 0.2) is 0 Å². The number of amides is 4. The molecular formula is C25H31N3O3.